The fraction of sp³-hybridized carbons (Fsp3) is 0.536. The number of likely N-dealkylation sites (N-methyl/N-ethyl adjacent to an activating group) is 1. The molecule has 39 heavy (non-hydrogen) atoms. The summed E-state index contributed by atoms with van der Waals surface area (Å²) in [7, 11) is 1.68. The lowest BCUT2D eigenvalue weighted by molar-refractivity contribution is -0.134. The van der Waals surface area contributed by atoms with Gasteiger partial charge in [0.1, 0.15) is 0 Å². The summed E-state index contributed by atoms with van der Waals surface area (Å²) in [5.74, 6) is 3.29. The molecule has 11 heteroatoms. The average Bonchev–Trinajstić information content (AvgIpc) is 2.84. The van der Waals surface area contributed by atoms with Crippen LogP contribution >= 0.6 is 0 Å². The Hall–Kier alpha value is -3.47. The van der Waals surface area contributed by atoms with Crippen LogP contribution in [0.5, 0.6) is 0 Å². The highest BCUT2D eigenvalue weighted by atomic mass is 19.3. The van der Waals surface area contributed by atoms with Gasteiger partial charge in [-0.15, -0.1) is 0 Å². The van der Waals surface area contributed by atoms with Crippen LogP contribution in [0.15, 0.2) is 41.0 Å². The van der Waals surface area contributed by atoms with E-state index in [9.17, 15) is 13.6 Å². The van der Waals surface area contributed by atoms with Gasteiger partial charge in [-0.2, -0.15) is 0 Å². The van der Waals surface area contributed by atoms with Crippen molar-refractivity contribution in [1.29, 1.82) is 0 Å². The van der Waals surface area contributed by atoms with Crippen molar-refractivity contribution in [1.82, 2.24) is 14.6 Å². The van der Waals surface area contributed by atoms with Crippen molar-refractivity contribution in [3.8, 4) is 0 Å². The van der Waals surface area contributed by atoms with Gasteiger partial charge in [0.2, 0.25) is 0 Å². The topological polar surface area (TPSA) is 131 Å². The maximum Gasteiger partial charge on any atom is 0.300 e. The Kier molecular flexibility index (Phi) is 10.1. The van der Waals surface area contributed by atoms with E-state index in [-0.39, 0.29) is 25.1 Å². The molecule has 0 aromatic carbocycles. The van der Waals surface area contributed by atoms with Gasteiger partial charge in [-0.1, -0.05) is 32.3 Å². The molecular weight excluding hydrogens is 506 g/mol. The van der Waals surface area contributed by atoms with Crippen molar-refractivity contribution >= 4 is 17.4 Å². The zero-order valence-corrected chi connectivity index (χ0v) is 23.0. The first kappa shape index (κ1) is 30.1. The quantitative estimate of drug-likeness (QED) is 0.338. The number of aromatic nitrogens is 2. The highest BCUT2D eigenvalue weighted by molar-refractivity contribution is 5.65. The molecule has 2 aromatic rings. The largest absolute Gasteiger partial charge is 0.481 e. The first-order chi connectivity index (χ1) is 18.4. The second-order valence-electron chi connectivity index (χ2n) is 10.4. The Bertz CT molecular complexity index is 1240. The predicted octanol–water partition coefficient (Wildman–Crippen LogP) is 3.61. The molecule has 1 saturated carbocycles. The van der Waals surface area contributed by atoms with Crippen molar-refractivity contribution in [3.63, 3.8) is 0 Å². The molecule has 1 saturated heterocycles. The first-order valence-electron chi connectivity index (χ1n) is 13.4. The van der Waals surface area contributed by atoms with Crippen molar-refractivity contribution < 1.29 is 18.7 Å². The number of hydrogen-bond acceptors (Lipinski definition) is 7. The molecule has 4 rings (SSSR count). The fourth-order valence-electron chi connectivity index (χ4n) is 4.91. The van der Waals surface area contributed by atoms with Gasteiger partial charge in [0, 0.05) is 39.2 Å². The average molecular weight is 547 g/mol. The number of nitrogens with two attached hydrogens (primary N) is 2. The number of carbonyl (C=O) groups is 1. The van der Waals surface area contributed by atoms with Crippen molar-refractivity contribution in [2.75, 3.05) is 25.0 Å². The number of anilines is 1. The summed E-state index contributed by atoms with van der Waals surface area (Å²) in [6.45, 7) is 3.51. The van der Waals surface area contributed by atoms with Gasteiger partial charge in [0.05, 0.1) is 41.6 Å². The molecule has 0 spiro atoms. The Morgan fingerprint density at radius 1 is 1.23 bits per heavy atom. The minimum absolute atomic E-state index is 0.0838. The molecule has 5 N–H and O–H groups in total. The molecule has 2 aromatic heterocycles. The lowest BCUT2D eigenvalue weighted by Crippen LogP contribution is -2.43. The Balaban J connectivity index is 0.000000983. The lowest BCUT2D eigenvalue weighted by atomic mass is 9.81. The monoisotopic (exact) mass is 546 g/mol. The number of aliphatic carboxylic acids is 1. The summed E-state index contributed by atoms with van der Waals surface area (Å²) in [5, 5.41) is 8.83. The van der Waals surface area contributed by atoms with Crippen molar-refractivity contribution in [3.05, 3.63) is 63.5 Å². The number of halogens is 2. The summed E-state index contributed by atoms with van der Waals surface area (Å²) in [4.78, 5) is 28.0. The lowest BCUT2D eigenvalue weighted by Gasteiger charge is -2.35. The van der Waals surface area contributed by atoms with Crippen LogP contribution in [0.1, 0.15) is 62.9 Å². The second-order valence-corrected chi connectivity index (χ2v) is 10.4. The van der Waals surface area contributed by atoms with Crippen LogP contribution in [0.25, 0.3) is 5.70 Å². The smallest absolute Gasteiger partial charge is 0.300 e. The maximum absolute atomic E-state index is 14.0. The third-order valence-electron chi connectivity index (χ3n) is 7.15. The van der Waals surface area contributed by atoms with Crippen LogP contribution in [0, 0.1) is 5.92 Å². The number of hydrazine groups is 1. The molecule has 2 aliphatic rings. The Labute approximate surface area is 228 Å². The van der Waals surface area contributed by atoms with Gasteiger partial charge in [-0.05, 0) is 42.9 Å². The zero-order valence-electron chi connectivity index (χ0n) is 23.0. The molecule has 1 aliphatic carbocycles. The SMILES string of the molecule is CC(=O)O.CCc1nc(/C(N)=C(\Cn2cc(CC3CCC3)ccc2=O)N(C)N)ccc1N1CCCC(F)(F)C1. The number of allylic oxidation sites excluding steroid dienone is 1. The molecule has 0 unspecified atom stereocenters. The van der Waals surface area contributed by atoms with Crippen LogP contribution in [-0.4, -0.2) is 51.7 Å². The van der Waals surface area contributed by atoms with Gasteiger partial charge >= 0.3 is 0 Å². The van der Waals surface area contributed by atoms with E-state index in [0.29, 0.717) is 53.8 Å². The van der Waals surface area contributed by atoms with E-state index in [2.05, 4.69) is 0 Å². The molecule has 3 heterocycles. The zero-order chi connectivity index (χ0) is 28.7. The Morgan fingerprint density at radius 2 is 1.92 bits per heavy atom. The molecule has 0 amide bonds. The van der Waals surface area contributed by atoms with E-state index >= 15 is 0 Å². The summed E-state index contributed by atoms with van der Waals surface area (Å²) in [5.41, 5.74) is 10.4. The van der Waals surface area contributed by atoms with E-state index in [1.54, 1.807) is 28.6 Å². The predicted molar refractivity (Wildman–Crippen MR) is 148 cm³/mol. The molecule has 0 bridgehead atoms. The van der Waals surface area contributed by atoms with Crippen LogP contribution in [0.3, 0.4) is 0 Å². The third kappa shape index (κ3) is 8.26. The number of rotatable bonds is 8. The molecule has 1 aliphatic heterocycles. The van der Waals surface area contributed by atoms with Gasteiger partial charge in [0.15, 0.2) is 0 Å². The second kappa shape index (κ2) is 13.1. The molecule has 2 fully saturated rings. The molecular formula is C28H40F2N6O3. The Morgan fingerprint density at radius 3 is 2.49 bits per heavy atom. The number of nitrogens with zero attached hydrogens (tertiary/aromatic N) is 4. The van der Waals surface area contributed by atoms with Crippen LogP contribution in [0.2, 0.25) is 0 Å². The number of alkyl halides is 2. The number of pyridine rings is 2. The van der Waals surface area contributed by atoms with Gasteiger partial charge in [-0.3, -0.25) is 9.59 Å². The summed E-state index contributed by atoms with van der Waals surface area (Å²) in [6.07, 6.45) is 7.54. The summed E-state index contributed by atoms with van der Waals surface area (Å²) < 4.78 is 29.6. The standard InChI is InChI=1S/C26H36F2N6O.C2H4O2/c1-3-20-22(33-13-5-12-26(27,28)17-33)10-9-21(31-20)25(29)23(32(2)30)16-34-15-19(8-11-24(34)35)14-18-6-4-7-18;1-2(3)4/h8-11,15,18H,3-7,12-14,16-17,29-30H2,1-2H3;1H3,(H,3,4)/b25-23-;. The fourth-order valence-corrected chi connectivity index (χ4v) is 4.91. The van der Waals surface area contributed by atoms with Gasteiger partial charge in [0.25, 0.3) is 17.5 Å². The van der Waals surface area contributed by atoms with E-state index in [1.807, 2.05) is 25.3 Å². The van der Waals surface area contributed by atoms with E-state index in [0.717, 1.165) is 18.9 Å². The number of carboxylic acids is 1. The van der Waals surface area contributed by atoms with E-state index in [1.165, 1.54) is 24.3 Å². The maximum atomic E-state index is 14.0. The van der Waals surface area contributed by atoms with Crippen LogP contribution in [-0.2, 0) is 24.2 Å². The summed E-state index contributed by atoms with van der Waals surface area (Å²) in [6, 6.07) is 7.05. The third-order valence-corrected chi connectivity index (χ3v) is 7.15. The highest BCUT2D eigenvalue weighted by Gasteiger charge is 2.36. The van der Waals surface area contributed by atoms with E-state index < -0.39 is 11.9 Å². The minimum Gasteiger partial charge on any atom is -0.481 e. The van der Waals surface area contributed by atoms with E-state index in [4.69, 9.17) is 26.5 Å². The summed E-state index contributed by atoms with van der Waals surface area (Å²) >= 11 is 0. The van der Waals surface area contributed by atoms with Crippen molar-refractivity contribution in [2.24, 2.45) is 17.5 Å². The number of hydrogen-bond donors (Lipinski definition) is 3. The van der Waals surface area contributed by atoms with Crippen LogP contribution in [0.4, 0.5) is 14.5 Å². The van der Waals surface area contributed by atoms with Crippen molar-refractivity contribution in [2.45, 2.75) is 71.3 Å². The molecule has 214 valence electrons. The number of piperidine rings is 1. The molecule has 9 nitrogen and oxygen atoms in total. The number of carboxylic acid groups (broad SMARTS) is 1. The van der Waals surface area contributed by atoms with Gasteiger partial charge in [-0.25, -0.2) is 19.6 Å². The highest BCUT2D eigenvalue weighted by Crippen LogP contribution is 2.32. The minimum atomic E-state index is -2.70. The first-order valence-corrected chi connectivity index (χ1v) is 13.4. The number of aryl methyl sites for hydroxylation is 1. The normalized spacial score (nSPS) is 17.4. The van der Waals surface area contributed by atoms with Gasteiger partial charge < -0.3 is 25.3 Å². The van der Waals surface area contributed by atoms with Crippen LogP contribution < -0.4 is 22.0 Å². The molecule has 0 radical (unpaired) electrons. The molecule has 0 atom stereocenters.